The molecule has 0 saturated carbocycles. The maximum absolute atomic E-state index is 11.9. The molecule has 8 nitrogen and oxygen atoms in total. The van der Waals surface area contributed by atoms with Gasteiger partial charge in [0.1, 0.15) is 12.6 Å². The van der Waals surface area contributed by atoms with E-state index < -0.39 is 28.2 Å². The average Bonchev–Trinajstić information content (AvgIpc) is 2.74. The molecule has 0 bridgehead atoms. The van der Waals surface area contributed by atoms with Crippen molar-refractivity contribution >= 4 is 22.2 Å². The van der Waals surface area contributed by atoms with Crippen LogP contribution in [-0.2, 0) is 37.0 Å². The number of carbonyl (C=O) groups excluding carboxylic acids is 1. The fourth-order valence-corrected chi connectivity index (χ4v) is 3.13. The molecule has 0 aromatic heterocycles. The van der Waals surface area contributed by atoms with Crippen LogP contribution in [-0.4, -0.2) is 31.6 Å². The third-order valence-corrected chi connectivity index (χ3v) is 4.89. The molecule has 0 aliphatic heterocycles. The van der Waals surface area contributed by atoms with Crippen LogP contribution in [0, 0.1) is 0 Å². The second kappa shape index (κ2) is 11.7. The second-order valence-corrected chi connectivity index (χ2v) is 7.78. The molecular formula is C21H23NO7S. The smallest absolute Gasteiger partial charge is 0.408 e. The molecule has 0 aliphatic carbocycles. The number of hydrogen-bond acceptors (Lipinski definition) is 6. The molecule has 0 saturated heterocycles. The number of aliphatic carboxylic acids is 1. The summed E-state index contributed by atoms with van der Waals surface area (Å²) in [5.74, 6) is -1.25. The molecule has 30 heavy (non-hydrogen) atoms. The number of allylic oxidation sites excluding steroid dienone is 1. The molecule has 0 radical (unpaired) electrons. The molecular weight excluding hydrogens is 410 g/mol. The molecule has 0 unspecified atom stereocenters. The topological polar surface area (TPSA) is 119 Å². The minimum absolute atomic E-state index is 0.00983. The molecule has 2 N–H and O–H groups in total. The van der Waals surface area contributed by atoms with Crippen LogP contribution < -0.4 is 5.32 Å². The van der Waals surface area contributed by atoms with E-state index in [1.807, 2.05) is 12.1 Å². The quantitative estimate of drug-likeness (QED) is 0.522. The van der Waals surface area contributed by atoms with Gasteiger partial charge in [-0.15, -0.1) is 0 Å². The van der Waals surface area contributed by atoms with E-state index >= 15 is 0 Å². The zero-order valence-electron chi connectivity index (χ0n) is 16.1. The van der Waals surface area contributed by atoms with Gasteiger partial charge in [-0.05, 0) is 24.0 Å². The van der Waals surface area contributed by atoms with Gasteiger partial charge in [0.15, 0.2) is 0 Å². The van der Waals surface area contributed by atoms with E-state index in [0.29, 0.717) is 5.56 Å². The SMILES string of the molecule is O=C(N[C@@H](CCC=CS(=O)(=O)OCc1ccccc1)C(=O)O)OCc1ccccc1. The van der Waals surface area contributed by atoms with Gasteiger partial charge in [-0.25, -0.2) is 9.59 Å². The van der Waals surface area contributed by atoms with Crippen molar-refractivity contribution in [1.29, 1.82) is 0 Å². The third kappa shape index (κ3) is 8.89. The van der Waals surface area contributed by atoms with Crippen LogP contribution in [0.1, 0.15) is 24.0 Å². The van der Waals surface area contributed by atoms with Gasteiger partial charge in [0.2, 0.25) is 0 Å². The zero-order chi connectivity index (χ0) is 21.8. The fraction of sp³-hybridized carbons (Fsp3) is 0.238. The number of carboxylic acid groups (broad SMARTS) is 1. The van der Waals surface area contributed by atoms with Gasteiger partial charge in [-0.3, -0.25) is 4.18 Å². The highest BCUT2D eigenvalue weighted by atomic mass is 32.2. The average molecular weight is 433 g/mol. The Morgan fingerprint density at radius 1 is 0.967 bits per heavy atom. The van der Waals surface area contributed by atoms with Crippen molar-refractivity contribution in [1.82, 2.24) is 5.32 Å². The predicted molar refractivity (Wildman–Crippen MR) is 110 cm³/mol. The Balaban J connectivity index is 1.76. The Labute approximate surface area is 175 Å². The highest BCUT2D eigenvalue weighted by Crippen LogP contribution is 2.07. The molecule has 2 aromatic carbocycles. The van der Waals surface area contributed by atoms with Crippen LogP contribution in [0.3, 0.4) is 0 Å². The number of amides is 1. The first-order chi connectivity index (χ1) is 14.4. The molecule has 2 aromatic rings. The lowest BCUT2D eigenvalue weighted by Crippen LogP contribution is -2.40. The number of ether oxygens (including phenoxy) is 1. The van der Waals surface area contributed by atoms with Crippen molar-refractivity contribution in [2.75, 3.05) is 0 Å². The van der Waals surface area contributed by atoms with Crippen LogP contribution >= 0.6 is 0 Å². The minimum Gasteiger partial charge on any atom is -0.480 e. The number of benzene rings is 2. The van der Waals surface area contributed by atoms with Crippen LogP contribution in [0.4, 0.5) is 4.79 Å². The highest BCUT2D eigenvalue weighted by molar-refractivity contribution is 7.89. The maximum atomic E-state index is 11.9. The van der Waals surface area contributed by atoms with E-state index in [1.54, 1.807) is 48.5 Å². The lowest BCUT2D eigenvalue weighted by molar-refractivity contribution is -0.139. The van der Waals surface area contributed by atoms with E-state index in [-0.39, 0.29) is 26.1 Å². The number of alkyl carbamates (subject to hydrolysis) is 1. The van der Waals surface area contributed by atoms with Crippen molar-refractivity contribution < 1.29 is 32.0 Å². The second-order valence-electron chi connectivity index (χ2n) is 6.29. The van der Waals surface area contributed by atoms with Crippen molar-refractivity contribution in [3.8, 4) is 0 Å². The number of carbonyl (C=O) groups is 2. The summed E-state index contributed by atoms with van der Waals surface area (Å²) in [7, 11) is -3.90. The van der Waals surface area contributed by atoms with Gasteiger partial charge in [-0.2, -0.15) is 8.42 Å². The summed E-state index contributed by atoms with van der Waals surface area (Å²) in [5, 5.41) is 12.4. The molecule has 0 heterocycles. The van der Waals surface area contributed by atoms with E-state index in [1.165, 1.54) is 6.08 Å². The van der Waals surface area contributed by atoms with Gasteiger partial charge >= 0.3 is 12.1 Å². The van der Waals surface area contributed by atoms with Crippen LogP contribution in [0.25, 0.3) is 0 Å². The Hall–Kier alpha value is -3.17. The lowest BCUT2D eigenvalue weighted by Gasteiger charge is -2.13. The fourth-order valence-electron chi connectivity index (χ4n) is 2.38. The summed E-state index contributed by atoms with van der Waals surface area (Å²) in [6, 6.07) is 16.5. The number of carboxylic acids is 1. The Morgan fingerprint density at radius 2 is 1.53 bits per heavy atom. The Bertz CT molecular complexity index is 944. The molecule has 0 aliphatic rings. The summed E-state index contributed by atoms with van der Waals surface area (Å²) in [6.07, 6.45) is 0.506. The van der Waals surface area contributed by atoms with Gasteiger partial charge in [0.05, 0.1) is 12.0 Å². The van der Waals surface area contributed by atoms with Crippen LogP contribution in [0.15, 0.2) is 72.1 Å². The molecule has 0 spiro atoms. The Kier molecular flexibility index (Phi) is 9.04. The summed E-state index contributed by atoms with van der Waals surface area (Å²) < 4.78 is 33.6. The van der Waals surface area contributed by atoms with E-state index in [2.05, 4.69) is 5.32 Å². The largest absolute Gasteiger partial charge is 0.480 e. The van der Waals surface area contributed by atoms with Gasteiger partial charge < -0.3 is 15.2 Å². The van der Waals surface area contributed by atoms with Crippen molar-refractivity contribution in [2.24, 2.45) is 0 Å². The summed E-state index contributed by atoms with van der Waals surface area (Å²) >= 11 is 0. The lowest BCUT2D eigenvalue weighted by atomic mass is 10.1. The van der Waals surface area contributed by atoms with Crippen molar-refractivity contribution in [3.05, 3.63) is 83.3 Å². The first-order valence-electron chi connectivity index (χ1n) is 9.15. The molecule has 2 rings (SSSR count). The van der Waals surface area contributed by atoms with Crippen molar-refractivity contribution in [2.45, 2.75) is 32.1 Å². The highest BCUT2D eigenvalue weighted by Gasteiger charge is 2.20. The van der Waals surface area contributed by atoms with Gasteiger partial charge in [-0.1, -0.05) is 66.7 Å². The monoisotopic (exact) mass is 433 g/mol. The normalized spacial score (nSPS) is 12.4. The van der Waals surface area contributed by atoms with Gasteiger partial charge in [0, 0.05) is 0 Å². The number of nitrogens with one attached hydrogen (secondary N) is 1. The number of hydrogen-bond donors (Lipinski definition) is 2. The standard InChI is InChI=1S/C21H23NO7S/c23-20(24)19(22-21(25)28-15-17-9-3-1-4-10-17)13-7-8-14-30(26,27)29-16-18-11-5-2-6-12-18/h1-6,8-12,14,19H,7,13,15-16H2,(H,22,25)(H,23,24)/t19-/m0/s1. The van der Waals surface area contributed by atoms with E-state index in [0.717, 1.165) is 11.0 Å². The molecule has 1 atom stereocenters. The van der Waals surface area contributed by atoms with Crippen molar-refractivity contribution in [3.63, 3.8) is 0 Å². The van der Waals surface area contributed by atoms with E-state index in [4.69, 9.17) is 8.92 Å². The molecule has 9 heteroatoms. The summed E-state index contributed by atoms with van der Waals surface area (Å²) in [4.78, 5) is 23.1. The van der Waals surface area contributed by atoms with E-state index in [9.17, 15) is 23.1 Å². The maximum Gasteiger partial charge on any atom is 0.408 e. The zero-order valence-corrected chi connectivity index (χ0v) is 17.0. The summed E-state index contributed by atoms with van der Waals surface area (Å²) in [6.45, 7) is -0.0873. The molecule has 160 valence electrons. The van der Waals surface area contributed by atoms with Crippen LogP contribution in [0.5, 0.6) is 0 Å². The molecule has 1 amide bonds. The Morgan fingerprint density at radius 3 is 2.10 bits per heavy atom. The van der Waals surface area contributed by atoms with Gasteiger partial charge in [0.25, 0.3) is 10.1 Å². The predicted octanol–water partition coefficient (Wildman–Crippen LogP) is 3.21. The molecule has 0 fully saturated rings. The first-order valence-corrected chi connectivity index (χ1v) is 10.6. The number of rotatable bonds is 11. The minimum atomic E-state index is -3.90. The van der Waals surface area contributed by atoms with Crippen LogP contribution in [0.2, 0.25) is 0 Å². The first kappa shape index (κ1) is 23.1. The third-order valence-electron chi connectivity index (χ3n) is 3.92. The summed E-state index contributed by atoms with van der Waals surface area (Å²) in [5.41, 5.74) is 1.47.